The second-order valence-electron chi connectivity index (χ2n) is 7.96. The van der Waals surface area contributed by atoms with Crippen molar-refractivity contribution in [3.8, 4) is 5.75 Å². The molecule has 1 heterocycles. The largest absolute Gasteiger partial charge is 0.494 e. The third-order valence-electron chi connectivity index (χ3n) is 4.70. The molecular weight excluding hydrogens is 352 g/mol. The number of nitrogens with one attached hydrogen (secondary N) is 1. The number of carbonyl (C=O) groups is 2. The van der Waals surface area contributed by atoms with Crippen LogP contribution in [0.15, 0.2) is 64.8 Å². The van der Waals surface area contributed by atoms with Crippen LogP contribution >= 0.6 is 0 Å². The van der Waals surface area contributed by atoms with Gasteiger partial charge in [-0.05, 0) is 47.8 Å². The fraction of sp³-hybridized carbons (Fsp3) is 0.348. The van der Waals surface area contributed by atoms with E-state index in [9.17, 15) is 9.59 Å². The molecule has 1 N–H and O–H groups in total. The Labute approximate surface area is 165 Å². The van der Waals surface area contributed by atoms with Crippen LogP contribution in [-0.4, -0.2) is 24.1 Å². The molecule has 0 bridgehead atoms. The molecular formula is C23H26N2O3. The van der Waals surface area contributed by atoms with Crippen LogP contribution in [-0.2, 0) is 16.0 Å². The Morgan fingerprint density at radius 1 is 1.18 bits per heavy atom. The number of fused-ring (bicyclic) bond motifs is 1. The highest BCUT2D eigenvalue weighted by molar-refractivity contribution is 6.11. The van der Waals surface area contributed by atoms with E-state index in [4.69, 9.17) is 4.74 Å². The van der Waals surface area contributed by atoms with E-state index >= 15 is 0 Å². The number of amides is 2. The molecule has 0 aromatic heterocycles. The van der Waals surface area contributed by atoms with E-state index in [1.54, 1.807) is 12.2 Å². The summed E-state index contributed by atoms with van der Waals surface area (Å²) in [6, 6.07) is 7.45. The van der Waals surface area contributed by atoms with Gasteiger partial charge in [-0.25, -0.2) is 4.99 Å². The Balaban J connectivity index is 1.73. The molecule has 2 aliphatic rings. The highest BCUT2D eigenvalue weighted by Crippen LogP contribution is 2.38. The zero-order valence-corrected chi connectivity index (χ0v) is 16.8. The molecule has 2 amide bonds. The molecule has 0 spiro atoms. The molecule has 1 unspecified atom stereocenters. The summed E-state index contributed by atoms with van der Waals surface area (Å²) in [4.78, 5) is 28.6. The molecule has 1 aliphatic heterocycles. The van der Waals surface area contributed by atoms with Crippen molar-refractivity contribution in [2.75, 3.05) is 6.61 Å². The van der Waals surface area contributed by atoms with Crippen molar-refractivity contribution in [3.05, 3.63) is 65.4 Å². The summed E-state index contributed by atoms with van der Waals surface area (Å²) in [6.45, 7) is 8.81. The van der Waals surface area contributed by atoms with Gasteiger partial charge in [-0.3, -0.25) is 9.59 Å². The second kappa shape index (κ2) is 7.97. The van der Waals surface area contributed by atoms with Crippen molar-refractivity contribution in [3.63, 3.8) is 0 Å². The minimum atomic E-state index is -0.229. The number of rotatable bonds is 4. The topological polar surface area (TPSA) is 67.8 Å². The first-order valence-corrected chi connectivity index (χ1v) is 9.52. The predicted octanol–water partition coefficient (Wildman–Crippen LogP) is 3.77. The standard InChI is InChI=1S/C23H26N2O3/c1-5-28-17-9-6-15(7-10-17)12-21(26)24-16-8-11-18-19(23(2,3)4)14-22(27)25-20(18)13-16/h6-11,13-14,18H,5,12H2,1-4H3,(H,25,27). The summed E-state index contributed by atoms with van der Waals surface area (Å²) >= 11 is 0. The Morgan fingerprint density at radius 2 is 1.89 bits per heavy atom. The van der Waals surface area contributed by atoms with Gasteiger partial charge in [0.2, 0.25) is 5.91 Å². The van der Waals surface area contributed by atoms with E-state index < -0.39 is 0 Å². The van der Waals surface area contributed by atoms with Crippen LogP contribution in [0.1, 0.15) is 33.3 Å². The van der Waals surface area contributed by atoms with Gasteiger partial charge >= 0.3 is 0 Å². The third kappa shape index (κ3) is 4.66. The molecule has 5 heteroatoms. The molecule has 1 aromatic rings. The average Bonchev–Trinajstić information content (AvgIpc) is 2.62. The number of benzene rings is 1. The number of allylic oxidation sites excluding steroid dienone is 3. The van der Waals surface area contributed by atoms with Crippen LogP contribution in [0.2, 0.25) is 0 Å². The number of aliphatic imine (C=N–C) groups is 1. The van der Waals surface area contributed by atoms with Gasteiger partial charge in [0.1, 0.15) is 5.75 Å². The molecule has 1 aromatic carbocycles. The Kier molecular flexibility index (Phi) is 5.63. The van der Waals surface area contributed by atoms with Gasteiger partial charge < -0.3 is 10.1 Å². The lowest BCUT2D eigenvalue weighted by atomic mass is 9.74. The maximum absolute atomic E-state index is 12.4. The van der Waals surface area contributed by atoms with Crippen molar-refractivity contribution in [2.45, 2.75) is 34.1 Å². The second-order valence-corrected chi connectivity index (χ2v) is 7.96. The fourth-order valence-electron chi connectivity index (χ4n) is 3.37. The number of nitrogens with zero attached hydrogens (tertiary/aromatic N) is 1. The molecule has 0 saturated carbocycles. The quantitative estimate of drug-likeness (QED) is 0.867. The van der Waals surface area contributed by atoms with Gasteiger partial charge in [-0.15, -0.1) is 0 Å². The average molecular weight is 378 g/mol. The smallest absolute Gasteiger partial charge is 0.250 e. The van der Waals surface area contributed by atoms with E-state index in [2.05, 4.69) is 31.1 Å². The first-order chi connectivity index (χ1) is 13.3. The van der Waals surface area contributed by atoms with Gasteiger partial charge in [-0.2, -0.15) is 0 Å². The summed E-state index contributed by atoms with van der Waals surface area (Å²) in [5, 5.41) is 2.88. The summed E-state index contributed by atoms with van der Waals surface area (Å²) in [6.07, 6.45) is 7.52. The molecule has 28 heavy (non-hydrogen) atoms. The normalized spacial score (nSPS) is 20.2. The summed E-state index contributed by atoms with van der Waals surface area (Å²) in [5.74, 6) is 0.431. The molecule has 5 nitrogen and oxygen atoms in total. The van der Waals surface area contributed by atoms with Crippen LogP contribution < -0.4 is 10.1 Å². The highest BCUT2D eigenvalue weighted by Gasteiger charge is 2.32. The van der Waals surface area contributed by atoms with E-state index in [0.717, 1.165) is 22.6 Å². The lowest BCUT2D eigenvalue weighted by molar-refractivity contribution is -0.117. The Morgan fingerprint density at radius 3 is 2.54 bits per heavy atom. The lowest BCUT2D eigenvalue weighted by Gasteiger charge is -2.34. The molecule has 1 aliphatic carbocycles. The maximum atomic E-state index is 12.4. The summed E-state index contributed by atoms with van der Waals surface area (Å²) in [7, 11) is 0. The number of hydrogen-bond donors (Lipinski definition) is 1. The van der Waals surface area contributed by atoms with Crippen molar-refractivity contribution in [1.29, 1.82) is 0 Å². The Hall–Kier alpha value is -2.95. The zero-order chi connectivity index (χ0) is 20.3. The van der Waals surface area contributed by atoms with Gasteiger partial charge in [0, 0.05) is 17.7 Å². The minimum Gasteiger partial charge on any atom is -0.494 e. The highest BCUT2D eigenvalue weighted by atomic mass is 16.5. The first-order valence-electron chi connectivity index (χ1n) is 9.52. The van der Waals surface area contributed by atoms with Gasteiger partial charge in [0.25, 0.3) is 5.91 Å². The van der Waals surface area contributed by atoms with Gasteiger partial charge in [-0.1, -0.05) is 39.0 Å². The van der Waals surface area contributed by atoms with Crippen LogP contribution in [0.4, 0.5) is 0 Å². The van der Waals surface area contributed by atoms with E-state index in [1.807, 2.05) is 43.3 Å². The fourth-order valence-corrected chi connectivity index (χ4v) is 3.37. The maximum Gasteiger partial charge on any atom is 0.250 e. The van der Waals surface area contributed by atoms with Gasteiger partial charge in [0.05, 0.1) is 18.7 Å². The Bertz CT molecular complexity index is 897. The molecule has 3 rings (SSSR count). The molecule has 146 valence electrons. The van der Waals surface area contributed by atoms with Crippen LogP contribution in [0.5, 0.6) is 5.75 Å². The van der Waals surface area contributed by atoms with Crippen molar-refractivity contribution >= 4 is 17.5 Å². The third-order valence-corrected chi connectivity index (χ3v) is 4.70. The number of ether oxygens (including phenoxy) is 1. The lowest BCUT2D eigenvalue weighted by Crippen LogP contribution is -2.36. The zero-order valence-electron chi connectivity index (χ0n) is 16.8. The van der Waals surface area contributed by atoms with E-state index in [-0.39, 0.29) is 29.6 Å². The minimum absolute atomic E-state index is 0.0119. The van der Waals surface area contributed by atoms with E-state index in [0.29, 0.717) is 12.3 Å². The summed E-state index contributed by atoms with van der Waals surface area (Å²) in [5.41, 5.74) is 3.14. The van der Waals surface area contributed by atoms with Crippen molar-refractivity contribution in [2.24, 2.45) is 16.3 Å². The molecule has 0 radical (unpaired) electrons. The van der Waals surface area contributed by atoms with Crippen LogP contribution in [0.25, 0.3) is 0 Å². The molecule has 1 atom stereocenters. The molecule has 0 saturated heterocycles. The summed E-state index contributed by atoms with van der Waals surface area (Å²) < 4.78 is 5.41. The van der Waals surface area contributed by atoms with E-state index in [1.165, 1.54) is 0 Å². The van der Waals surface area contributed by atoms with Crippen LogP contribution in [0, 0.1) is 11.3 Å². The number of hydrogen-bond acceptors (Lipinski definition) is 3. The van der Waals surface area contributed by atoms with Gasteiger partial charge in [0.15, 0.2) is 0 Å². The SMILES string of the molecule is CCOc1ccc(CC(=O)N=C2C=CC3C(=C2)NC(=O)C=C3C(C)(C)C)cc1. The van der Waals surface area contributed by atoms with Crippen molar-refractivity contribution in [1.82, 2.24) is 5.32 Å². The molecule has 0 fully saturated rings. The monoisotopic (exact) mass is 378 g/mol. The number of carbonyl (C=O) groups excluding carboxylic acids is 2. The van der Waals surface area contributed by atoms with Crippen LogP contribution in [0.3, 0.4) is 0 Å². The van der Waals surface area contributed by atoms with Crippen molar-refractivity contribution < 1.29 is 14.3 Å². The predicted molar refractivity (Wildman–Crippen MR) is 110 cm³/mol. The first kappa shape index (κ1) is 19.8.